The first-order valence-corrected chi connectivity index (χ1v) is 7.49. The Morgan fingerprint density at radius 3 is 2.54 bits per heavy atom. The lowest BCUT2D eigenvalue weighted by molar-refractivity contribution is -0.432. The lowest BCUT2D eigenvalue weighted by atomic mass is 10.3. The Bertz CT molecular complexity index is 587. The van der Waals surface area contributed by atoms with E-state index >= 15 is 0 Å². The Morgan fingerprint density at radius 2 is 1.92 bits per heavy atom. The summed E-state index contributed by atoms with van der Waals surface area (Å²) < 4.78 is 4.09. The number of hydrogen-bond acceptors (Lipinski definition) is 10. The predicted octanol–water partition coefficient (Wildman–Crippen LogP) is -0.653. The van der Waals surface area contributed by atoms with E-state index in [4.69, 9.17) is 5.26 Å². The number of rotatable bonds is 8. The molecule has 1 N–H and O–H groups in total. The average molecular weight is 360 g/mol. The quantitative estimate of drug-likeness (QED) is 0.257. The molecule has 1 unspecified atom stereocenters. The van der Waals surface area contributed by atoms with Crippen molar-refractivity contribution < 1.29 is 43.4 Å². The van der Waals surface area contributed by atoms with E-state index in [9.17, 15) is 24.0 Å². The summed E-state index contributed by atoms with van der Waals surface area (Å²) in [5.74, 6) is -3.38. The number of nitrogens with zero attached hydrogens (tertiary/aromatic N) is 2. The third-order valence-corrected chi connectivity index (χ3v) is 3.84. The van der Waals surface area contributed by atoms with Crippen LogP contribution in [0, 0.1) is 0 Å². The Kier molecular flexibility index (Phi) is 6.03. The summed E-state index contributed by atoms with van der Waals surface area (Å²) in [5.41, 5.74) is 0. The van der Waals surface area contributed by atoms with Crippen LogP contribution in [0.25, 0.3) is 0 Å². The van der Waals surface area contributed by atoms with Crippen LogP contribution in [-0.4, -0.2) is 56.6 Å². The van der Waals surface area contributed by atoms with Crippen LogP contribution in [-0.2, 0) is 38.2 Å². The van der Waals surface area contributed by atoms with E-state index in [1.165, 1.54) is 0 Å². The second kappa shape index (κ2) is 8.01. The summed E-state index contributed by atoms with van der Waals surface area (Å²) in [7, 11) is 0. The highest BCUT2D eigenvalue weighted by Gasteiger charge is 2.43. The van der Waals surface area contributed by atoms with Crippen molar-refractivity contribution in [2.45, 2.75) is 24.5 Å². The van der Waals surface area contributed by atoms with Crippen LogP contribution >= 0.6 is 12.0 Å². The molecule has 12 heteroatoms. The normalized spacial score (nSPS) is 20.5. The van der Waals surface area contributed by atoms with Crippen LogP contribution in [0.1, 0.15) is 19.3 Å². The minimum absolute atomic E-state index is 0.0157. The van der Waals surface area contributed by atoms with Crippen molar-refractivity contribution in [1.82, 2.24) is 9.96 Å². The van der Waals surface area contributed by atoms with E-state index in [1.54, 1.807) is 0 Å². The number of carbonyl (C=O) groups excluding carboxylic acids is 5. The average Bonchev–Trinajstić information content (AvgIpc) is 3.00. The maximum absolute atomic E-state index is 11.8. The molecule has 2 aliphatic rings. The molecule has 0 spiro atoms. The number of hydroxylamine groups is 2. The first-order valence-electron chi connectivity index (χ1n) is 6.68. The summed E-state index contributed by atoms with van der Waals surface area (Å²) in [6.07, 6.45) is 1.87. The Hall–Kier alpha value is -2.28. The van der Waals surface area contributed by atoms with Gasteiger partial charge in [-0.1, -0.05) is 5.04 Å². The fraction of sp³-hybridized carbons (Fsp3) is 0.417. The molecule has 11 nitrogen and oxygen atoms in total. The van der Waals surface area contributed by atoms with Crippen LogP contribution in [0.4, 0.5) is 0 Å². The second-order valence-corrected chi connectivity index (χ2v) is 5.58. The Balaban J connectivity index is 1.76. The molecule has 1 atom stereocenters. The van der Waals surface area contributed by atoms with Gasteiger partial charge in [0.2, 0.25) is 0 Å². The molecule has 0 bridgehead atoms. The van der Waals surface area contributed by atoms with Gasteiger partial charge in [0.1, 0.15) is 5.25 Å². The van der Waals surface area contributed by atoms with E-state index in [1.807, 2.05) is 0 Å². The van der Waals surface area contributed by atoms with E-state index in [2.05, 4.69) is 14.2 Å². The molecule has 2 heterocycles. The van der Waals surface area contributed by atoms with Gasteiger partial charge >= 0.3 is 5.97 Å². The fourth-order valence-electron chi connectivity index (χ4n) is 2.00. The zero-order chi connectivity index (χ0) is 17.7. The molecule has 0 saturated carbocycles. The summed E-state index contributed by atoms with van der Waals surface area (Å²) in [6, 6.07) is 0. The maximum atomic E-state index is 11.8. The van der Waals surface area contributed by atoms with Gasteiger partial charge in [0.15, 0.2) is 0 Å². The first kappa shape index (κ1) is 18.1. The minimum Gasteiger partial charge on any atom is -0.330 e. The summed E-state index contributed by atoms with van der Waals surface area (Å²) in [4.78, 5) is 63.4. The second-order valence-electron chi connectivity index (χ2n) is 4.69. The van der Waals surface area contributed by atoms with Gasteiger partial charge < -0.3 is 4.84 Å². The van der Waals surface area contributed by atoms with Crippen molar-refractivity contribution in [3.05, 3.63) is 12.2 Å². The van der Waals surface area contributed by atoms with Gasteiger partial charge in [0, 0.05) is 37.2 Å². The standard InChI is InChI=1S/C12H12N2O9S/c15-8-3-4-9(16)13(8)5-1-2-11(18)21-14-10(17)6-7(12(14)19)24-23-22-20/h3-4,7,20H,1-2,5-6H2. The van der Waals surface area contributed by atoms with Crippen molar-refractivity contribution in [2.24, 2.45) is 0 Å². The third-order valence-electron chi connectivity index (χ3n) is 3.10. The van der Waals surface area contributed by atoms with Crippen molar-refractivity contribution in [3.8, 4) is 0 Å². The molecule has 130 valence electrons. The Labute approximate surface area is 139 Å². The number of carbonyl (C=O) groups is 5. The topological polar surface area (TPSA) is 140 Å². The van der Waals surface area contributed by atoms with Gasteiger partial charge in [-0.15, -0.1) is 9.40 Å². The SMILES string of the molecule is O=C(CCCN1C(=O)C=CC1=O)ON1C(=O)CC(SOOO)C1=O. The fourth-order valence-corrected chi connectivity index (χ4v) is 2.52. The molecular weight excluding hydrogens is 348 g/mol. The first-order chi connectivity index (χ1) is 11.4. The number of imide groups is 2. The lowest BCUT2D eigenvalue weighted by Crippen LogP contribution is -2.34. The van der Waals surface area contributed by atoms with Crippen molar-refractivity contribution in [2.75, 3.05) is 6.54 Å². The van der Waals surface area contributed by atoms with Crippen molar-refractivity contribution in [1.29, 1.82) is 0 Å². The van der Waals surface area contributed by atoms with Crippen LogP contribution in [0.15, 0.2) is 12.2 Å². The van der Waals surface area contributed by atoms with Gasteiger partial charge in [0.05, 0.1) is 6.42 Å². The summed E-state index contributed by atoms with van der Waals surface area (Å²) in [5, 5.41) is 10.7. The van der Waals surface area contributed by atoms with Crippen LogP contribution in [0.3, 0.4) is 0 Å². The van der Waals surface area contributed by atoms with Crippen LogP contribution in [0.5, 0.6) is 0 Å². The molecule has 1 saturated heterocycles. The summed E-state index contributed by atoms with van der Waals surface area (Å²) in [6.45, 7) is 0.0157. The zero-order valence-electron chi connectivity index (χ0n) is 12.1. The molecule has 24 heavy (non-hydrogen) atoms. The van der Waals surface area contributed by atoms with Crippen molar-refractivity contribution in [3.63, 3.8) is 0 Å². The summed E-state index contributed by atoms with van der Waals surface area (Å²) >= 11 is 0.398. The molecule has 1 fully saturated rings. The van der Waals surface area contributed by atoms with Gasteiger partial charge in [-0.2, -0.15) is 0 Å². The highest BCUT2D eigenvalue weighted by Crippen LogP contribution is 2.26. The van der Waals surface area contributed by atoms with Crippen LogP contribution < -0.4 is 0 Å². The molecule has 2 aliphatic heterocycles. The number of amides is 4. The molecular formula is C12H12N2O9S. The predicted molar refractivity (Wildman–Crippen MR) is 73.8 cm³/mol. The van der Waals surface area contributed by atoms with E-state index < -0.39 is 34.8 Å². The number of hydrogen-bond donors (Lipinski definition) is 1. The molecule has 0 aromatic heterocycles. The van der Waals surface area contributed by atoms with E-state index in [-0.39, 0.29) is 25.8 Å². The molecule has 2 rings (SSSR count). The van der Waals surface area contributed by atoms with E-state index in [0.717, 1.165) is 17.1 Å². The zero-order valence-corrected chi connectivity index (χ0v) is 12.9. The Morgan fingerprint density at radius 1 is 1.25 bits per heavy atom. The molecule has 0 aliphatic carbocycles. The van der Waals surface area contributed by atoms with Gasteiger partial charge in [0.25, 0.3) is 23.6 Å². The largest absolute Gasteiger partial charge is 0.333 e. The molecule has 0 aromatic rings. The smallest absolute Gasteiger partial charge is 0.330 e. The van der Waals surface area contributed by atoms with Crippen molar-refractivity contribution >= 4 is 41.6 Å². The molecule has 0 radical (unpaired) electrons. The minimum atomic E-state index is -1.01. The maximum Gasteiger partial charge on any atom is 0.333 e. The highest BCUT2D eigenvalue weighted by atomic mass is 32.2. The highest BCUT2D eigenvalue weighted by molar-refractivity contribution is 7.96. The molecule has 0 aromatic carbocycles. The van der Waals surface area contributed by atoms with Gasteiger partial charge in [-0.3, -0.25) is 24.1 Å². The monoisotopic (exact) mass is 360 g/mol. The van der Waals surface area contributed by atoms with Gasteiger partial charge in [-0.05, 0) is 6.42 Å². The lowest BCUT2D eigenvalue weighted by Gasteiger charge is -2.15. The van der Waals surface area contributed by atoms with Gasteiger partial charge in [-0.25, -0.2) is 10.1 Å². The molecule has 4 amide bonds. The third kappa shape index (κ3) is 4.17. The van der Waals surface area contributed by atoms with E-state index in [0.29, 0.717) is 17.1 Å². The van der Waals surface area contributed by atoms with Crippen LogP contribution in [0.2, 0.25) is 0 Å².